The lowest BCUT2D eigenvalue weighted by atomic mass is 9.79. The van der Waals surface area contributed by atoms with Crippen LogP contribution in [0.4, 0.5) is 0 Å². The number of benzene rings is 1. The normalized spacial score (nSPS) is 16.9. The molecule has 1 aromatic carbocycles. The monoisotopic (exact) mass is 355 g/mol. The number of pyridine rings is 1. The second kappa shape index (κ2) is 5.67. The number of nitrogens with one attached hydrogen (secondary N) is 1. The molecular formula is C18H14ClN3O3. The summed E-state index contributed by atoms with van der Waals surface area (Å²) in [5.74, 6) is -0.130. The van der Waals surface area contributed by atoms with Crippen LogP contribution in [0.25, 0.3) is 11.0 Å². The molecule has 0 aliphatic heterocycles. The molecule has 7 heteroatoms. The summed E-state index contributed by atoms with van der Waals surface area (Å²) in [5.41, 5.74) is 1.29. The standard InChI is InChI=1S/C18H14ClN3O3/c1-22-16-15(17(24)21-18(22)25)12-6-10(7-14(23)13(12)8-20-16)9-3-2-4-11(19)5-9/h2-5,8,10H,6-7H2,1H3,(H,21,24,25)/t10-/m0/s1. The Kier molecular flexibility index (Phi) is 3.58. The SMILES string of the molecule is Cn1c(=O)[nH]c(=O)c2c3c(cnc21)C(=O)C[C@@H](c1cccc(Cl)c1)C3. The number of rotatable bonds is 1. The minimum absolute atomic E-state index is 0.0612. The van der Waals surface area contributed by atoms with Crippen molar-refractivity contribution in [2.24, 2.45) is 7.05 Å². The van der Waals surface area contributed by atoms with Crippen LogP contribution in [0.5, 0.6) is 0 Å². The van der Waals surface area contributed by atoms with Crippen LogP contribution in [0, 0.1) is 0 Å². The van der Waals surface area contributed by atoms with E-state index in [4.69, 9.17) is 11.6 Å². The van der Waals surface area contributed by atoms with E-state index in [0.717, 1.165) is 5.56 Å². The minimum Gasteiger partial charge on any atom is -0.294 e. The Morgan fingerprint density at radius 3 is 2.80 bits per heavy atom. The van der Waals surface area contributed by atoms with Gasteiger partial charge in [-0.2, -0.15) is 0 Å². The largest absolute Gasteiger partial charge is 0.329 e. The van der Waals surface area contributed by atoms with Crippen LogP contribution >= 0.6 is 11.6 Å². The molecule has 1 aliphatic carbocycles. The first-order valence-corrected chi connectivity index (χ1v) is 8.23. The van der Waals surface area contributed by atoms with E-state index in [1.165, 1.54) is 10.8 Å². The molecule has 1 atom stereocenters. The Morgan fingerprint density at radius 2 is 2.04 bits per heavy atom. The number of carbonyl (C=O) groups is 1. The molecule has 0 bridgehead atoms. The number of aromatic amines is 1. The quantitative estimate of drug-likeness (QED) is 0.725. The molecule has 126 valence electrons. The van der Waals surface area contributed by atoms with Gasteiger partial charge in [0.1, 0.15) is 5.65 Å². The van der Waals surface area contributed by atoms with Crippen LogP contribution < -0.4 is 11.2 Å². The number of H-pyrrole nitrogens is 1. The van der Waals surface area contributed by atoms with Gasteiger partial charge >= 0.3 is 5.69 Å². The number of halogens is 1. The van der Waals surface area contributed by atoms with E-state index < -0.39 is 11.2 Å². The van der Waals surface area contributed by atoms with Crippen molar-refractivity contribution in [3.8, 4) is 0 Å². The van der Waals surface area contributed by atoms with E-state index in [1.807, 2.05) is 18.2 Å². The summed E-state index contributed by atoms with van der Waals surface area (Å²) in [6.07, 6.45) is 2.32. The zero-order valence-corrected chi connectivity index (χ0v) is 14.1. The van der Waals surface area contributed by atoms with Gasteiger partial charge < -0.3 is 0 Å². The van der Waals surface area contributed by atoms with Crippen molar-refractivity contribution in [2.45, 2.75) is 18.8 Å². The smallest absolute Gasteiger partial charge is 0.294 e. The number of Topliss-reactive ketones (excluding diaryl/α,β-unsaturated/α-hetero) is 1. The van der Waals surface area contributed by atoms with Gasteiger partial charge in [0.2, 0.25) is 0 Å². The number of aromatic nitrogens is 3. The number of fused-ring (bicyclic) bond motifs is 3. The first-order chi connectivity index (χ1) is 12.0. The zero-order chi connectivity index (χ0) is 17.7. The third-order valence-corrected chi connectivity index (χ3v) is 4.97. The molecule has 3 aromatic rings. The second-order valence-electron chi connectivity index (χ2n) is 6.25. The van der Waals surface area contributed by atoms with E-state index in [2.05, 4.69) is 9.97 Å². The highest BCUT2D eigenvalue weighted by Crippen LogP contribution is 2.35. The van der Waals surface area contributed by atoms with E-state index in [1.54, 1.807) is 13.1 Å². The molecule has 0 saturated heterocycles. The van der Waals surface area contributed by atoms with Gasteiger partial charge in [-0.05, 0) is 35.6 Å². The summed E-state index contributed by atoms with van der Waals surface area (Å²) < 4.78 is 1.28. The molecule has 0 unspecified atom stereocenters. The van der Waals surface area contributed by atoms with Crippen molar-refractivity contribution in [3.05, 3.63) is 73.0 Å². The summed E-state index contributed by atoms with van der Waals surface area (Å²) >= 11 is 6.07. The molecule has 6 nitrogen and oxygen atoms in total. The lowest BCUT2D eigenvalue weighted by Crippen LogP contribution is -2.31. The lowest BCUT2D eigenvalue weighted by molar-refractivity contribution is 0.0964. The Morgan fingerprint density at radius 1 is 1.24 bits per heavy atom. The lowest BCUT2D eigenvalue weighted by Gasteiger charge is -2.25. The van der Waals surface area contributed by atoms with E-state index in [9.17, 15) is 14.4 Å². The Hall–Kier alpha value is -2.73. The fraction of sp³-hybridized carbons (Fsp3) is 0.222. The molecule has 4 rings (SSSR count). The van der Waals surface area contributed by atoms with Gasteiger partial charge in [0.05, 0.1) is 5.39 Å². The molecule has 0 spiro atoms. The molecule has 1 aliphatic rings. The third kappa shape index (κ3) is 2.49. The van der Waals surface area contributed by atoms with Crippen LogP contribution in [-0.2, 0) is 13.5 Å². The van der Waals surface area contributed by atoms with Gasteiger partial charge in [-0.15, -0.1) is 0 Å². The highest BCUT2D eigenvalue weighted by atomic mass is 35.5. The van der Waals surface area contributed by atoms with Crippen LogP contribution in [0.2, 0.25) is 5.02 Å². The van der Waals surface area contributed by atoms with Gasteiger partial charge in [-0.25, -0.2) is 9.78 Å². The molecular weight excluding hydrogens is 342 g/mol. The molecule has 25 heavy (non-hydrogen) atoms. The van der Waals surface area contributed by atoms with Gasteiger partial charge in [0.15, 0.2) is 5.78 Å². The molecule has 0 saturated carbocycles. The summed E-state index contributed by atoms with van der Waals surface area (Å²) in [6, 6.07) is 7.40. The minimum atomic E-state index is -0.529. The maximum atomic E-state index is 12.6. The van der Waals surface area contributed by atoms with Gasteiger partial charge in [0, 0.05) is 30.3 Å². The molecule has 0 radical (unpaired) electrons. The van der Waals surface area contributed by atoms with Gasteiger partial charge in [-0.1, -0.05) is 23.7 Å². The number of ketones is 1. The number of aryl methyl sites for hydroxylation is 1. The van der Waals surface area contributed by atoms with Crippen molar-refractivity contribution in [3.63, 3.8) is 0 Å². The Bertz CT molecular complexity index is 1150. The third-order valence-electron chi connectivity index (χ3n) is 4.74. The number of carbonyl (C=O) groups excluding carboxylic acids is 1. The topological polar surface area (TPSA) is 84.8 Å². The van der Waals surface area contributed by atoms with Gasteiger partial charge in [0.25, 0.3) is 5.56 Å². The number of hydrogen-bond acceptors (Lipinski definition) is 4. The number of hydrogen-bond donors (Lipinski definition) is 1. The van der Waals surface area contributed by atoms with Crippen LogP contribution in [0.1, 0.15) is 33.8 Å². The van der Waals surface area contributed by atoms with Crippen molar-refractivity contribution >= 4 is 28.4 Å². The average molecular weight is 356 g/mol. The summed E-state index contributed by atoms with van der Waals surface area (Å²) in [6.45, 7) is 0. The predicted molar refractivity (Wildman–Crippen MR) is 94.4 cm³/mol. The van der Waals surface area contributed by atoms with Crippen LogP contribution in [-0.4, -0.2) is 20.3 Å². The maximum absolute atomic E-state index is 12.6. The molecule has 1 N–H and O–H groups in total. The fourth-order valence-corrected chi connectivity index (χ4v) is 3.67. The van der Waals surface area contributed by atoms with Crippen molar-refractivity contribution < 1.29 is 4.79 Å². The average Bonchev–Trinajstić information content (AvgIpc) is 2.58. The maximum Gasteiger partial charge on any atom is 0.329 e. The Labute approximate surface area is 147 Å². The van der Waals surface area contributed by atoms with E-state index >= 15 is 0 Å². The van der Waals surface area contributed by atoms with Crippen molar-refractivity contribution in [2.75, 3.05) is 0 Å². The van der Waals surface area contributed by atoms with Crippen molar-refractivity contribution in [1.29, 1.82) is 0 Å². The molecule has 2 aromatic heterocycles. The number of nitrogens with zero attached hydrogens (tertiary/aromatic N) is 2. The summed E-state index contributed by atoms with van der Waals surface area (Å²) in [5, 5.41) is 0.912. The summed E-state index contributed by atoms with van der Waals surface area (Å²) in [7, 11) is 1.54. The summed E-state index contributed by atoms with van der Waals surface area (Å²) in [4.78, 5) is 43.3. The highest BCUT2D eigenvalue weighted by Gasteiger charge is 2.29. The fourth-order valence-electron chi connectivity index (χ4n) is 3.47. The second-order valence-corrected chi connectivity index (χ2v) is 6.69. The first kappa shape index (κ1) is 15.8. The predicted octanol–water partition coefficient (Wildman–Crippen LogP) is 2.19. The van der Waals surface area contributed by atoms with E-state index in [-0.39, 0.29) is 17.3 Å². The molecule has 0 amide bonds. The Balaban J connectivity index is 1.96. The first-order valence-electron chi connectivity index (χ1n) is 7.85. The molecule has 0 fully saturated rings. The van der Waals surface area contributed by atoms with E-state index in [0.29, 0.717) is 34.4 Å². The van der Waals surface area contributed by atoms with Crippen LogP contribution in [0.15, 0.2) is 40.1 Å². The molecule has 2 heterocycles. The van der Waals surface area contributed by atoms with Crippen molar-refractivity contribution in [1.82, 2.24) is 14.5 Å². The highest BCUT2D eigenvalue weighted by molar-refractivity contribution is 6.30. The zero-order valence-electron chi connectivity index (χ0n) is 13.4. The van der Waals surface area contributed by atoms with Crippen LogP contribution in [0.3, 0.4) is 0 Å². The van der Waals surface area contributed by atoms with Gasteiger partial charge in [-0.3, -0.25) is 19.1 Å².